The molecule has 1 saturated heterocycles. The van der Waals surface area contributed by atoms with Crippen molar-refractivity contribution < 1.29 is 14.3 Å². The lowest BCUT2D eigenvalue weighted by molar-refractivity contribution is -0.132. The molecule has 2 heterocycles. The number of nitrogens with zero attached hydrogens (tertiary/aromatic N) is 3. The van der Waals surface area contributed by atoms with E-state index in [-0.39, 0.29) is 23.6 Å². The highest BCUT2D eigenvalue weighted by molar-refractivity contribution is 5.76. The molecule has 0 atom stereocenters. The van der Waals surface area contributed by atoms with Gasteiger partial charge in [-0.2, -0.15) is 0 Å². The van der Waals surface area contributed by atoms with Gasteiger partial charge in [-0.1, -0.05) is 6.07 Å². The molecule has 1 fully saturated rings. The summed E-state index contributed by atoms with van der Waals surface area (Å²) in [5.74, 6) is 1.11. The van der Waals surface area contributed by atoms with Gasteiger partial charge in [0.25, 0.3) is 0 Å². The van der Waals surface area contributed by atoms with Crippen LogP contribution in [0, 0.1) is 6.92 Å². The SMILES string of the molecule is COc1cccc(N2CCN(C(=O)Cn3cc(OC)c(=O)cc3C)CC2)c1. The molecule has 0 aliphatic carbocycles. The third-order valence-corrected chi connectivity index (χ3v) is 4.89. The number of methoxy groups -OCH3 is 2. The first-order chi connectivity index (χ1) is 13.0. The van der Waals surface area contributed by atoms with Crippen LogP contribution in [0.3, 0.4) is 0 Å². The van der Waals surface area contributed by atoms with Crippen molar-refractivity contribution in [2.75, 3.05) is 45.3 Å². The largest absolute Gasteiger partial charge is 0.497 e. The molecule has 144 valence electrons. The standard InChI is InChI=1S/C20H25N3O4/c1-15-11-18(24)19(27-3)13-23(15)14-20(25)22-9-7-21(8-10-22)16-5-4-6-17(12-16)26-2/h4-6,11-13H,7-10,14H2,1-3H3. The molecule has 0 spiro atoms. The Balaban J connectivity index is 1.62. The summed E-state index contributed by atoms with van der Waals surface area (Å²) in [6.07, 6.45) is 1.60. The van der Waals surface area contributed by atoms with Crippen molar-refractivity contribution >= 4 is 11.6 Å². The first-order valence-electron chi connectivity index (χ1n) is 8.93. The Morgan fingerprint density at radius 2 is 1.81 bits per heavy atom. The highest BCUT2D eigenvalue weighted by Gasteiger charge is 2.22. The second-order valence-corrected chi connectivity index (χ2v) is 6.54. The van der Waals surface area contributed by atoms with Gasteiger partial charge < -0.3 is 23.8 Å². The summed E-state index contributed by atoms with van der Waals surface area (Å²) >= 11 is 0. The quantitative estimate of drug-likeness (QED) is 0.797. The number of hydrogen-bond acceptors (Lipinski definition) is 5. The highest BCUT2D eigenvalue weighted by atomic mass is 16.5. The molecule has 0 unspecified atom stereocenters. The molecule has 1 aromatic carbocycles. The number of hydrogen-bond donors (Lipinski definition) is 0. The van der Waals surface area contributed by atoms with E-state index >= 15 is 0 Å². The number of benzene rings is 1. The van der Waals surface area contributed by atoms with Crippen LogP contribution in [0.25, 0.3) is 0 Å². The van der Waals surface area contributed by atoms with E-state index in [9.17, 15) is 9.59 Å². The Kier molecular flexibility index (Phi) is 5.69. The van der Waals surface area contributed by atoms with Gasteiger partial charge in [-0.05, 0) is 19.1 Å². The predicted octanol–water partition coefficient (Wildman–Crippen LogP) is 1.52. The second-order valence-electron chi connectivity index (χ2n) is 6.54. The zero-order valence-corrected chi connectivity index (χ0v) is 16.0. The molecule has 0 saturated carbocycles. The normalized spacial score (nSPS) is 14.2. The van der Waals surface area contributed by atoms with Crippen LogP contribution in [0.1, 0.15) is 5.69 Å². The third-order valence-electron chi connectivity index (χ3n) is 4.89. The van der Waals surface area contributed by atoms with Crippen molar-refractivity contribution in [3.8, 4) is 11.5 Å². The molecule has 7 nitrogen and oxygen atoms in total. The van der Waals surface area contributed by atoms with E-state index in [1.165, 1.54) is 13.2 Å². The minimum atomic E-state index is -0.175. The Labute approximate surface area is 158 Å². The number of aromatic nitrogens is 1. The molecule has 0 radical (unpaired) electrons. The van der Waals surface area contributed by atoms with Gasteiger partial charge in [-0.3, -0.25) is 9.59 Å². The van der Waals surface area contributed by atoms with E-state index in [1.807, 2.05) is 30.0 Å². The number of carbonyl (C=O) groups is 1. The number of rotatable bonds is 5. The molecule has 2 aromatic rings. The lowest BCUT2D eigenvalue weighted by Crippen LogP contribution is -2.49. The maximum absolute atomic E-state index is 12.7. The van der Waals surface area contributed by atoms with Gasteiger partial charge in [0.1, 0.15) is 12.3 Å². The Hall–Kier alpha value is -2.96. The van der Waals surface area contributed by atoms with E-state index in [4.69, 9.17) is 9.47 Å². The van der Waals surface area contributed by atoms with Crippen LogP contribution in [0.15, 0.2) is 41.3 Å². The maximum Gasteiger partial charge on any atom is 0.242 e. The molecule has 0 bridgehead atoms. The fourth-order valence-corrected chi connectivity index (χ4v) is 3.24. The van der Waals surface area contributed by atoms with Crippen LogP contribution in [0.2, 0.25) is 0 Å². The number of anilines is 1. The number of carbonyl (C=O) groups excluding carboxylic acids is 1. The predicted molar refractivity (Wildman–Crippen MR) is 104 cm³/mol. The number of ether oxygens (including phenoxy) is 2. The molecular formula is C20H25N3O4. The average molecular weight is 371 g/mol. The van der Waals surface area contributed by atoms with E-state index < -0.39 is 0 Å². The van der Waals surface area contributed by atoms with Gasteiger partial charge in [0.15, 0.2) is 5.75 Å². The zero-order chi connectivity index (χ0) is 19.4. The van der Waals surface area contributed by atoms with Crippen LogP contribution in [0.4, 0.5) is 5.69 Å². The topological polar surface area (TPSA) is 64.0 Å². The van der Waals surface area contributed by atoms with E-state index in [0.717, 1.165) is 30.2 Å². The molecule has 1 aliphatic heterocycles. The summed E-state index contributed by atoms with van der Waals surface area (Å²) in [6.45, 7) is 4.87. The summed E-state index contributed by atoms with van der Waals surface area (Å²) < 4.78 is 12.1. The van der Waals surface area contributed by atoms with Gasteiger partial charge in [0.05, 0.1) is 20.4 Å². The number of pyridine rings is 1. The van der Waals surface area contributed by atoms with Gasteiger partial charge in [0.2, 0.25) is 11.3 Å². The van der Waals surface area contributed by atoms with E-state index in [1.54, 1.807) is 17.9 Å². The van der Waals surface area contributed by atoms with Crippen molar-refractivity contribution in [1.29, 1.82) is 0 Å². The Morgan fingerprint density at radius 1 is 1.07 bits per heavy atom. The van der Waals surface area contributed by atoms with Gasteiger partial charge in [-0.15, -0.1) is 0 Å². The molecule has 1 amide bonds. The van der Waals surface area contributed by atoms with Crippen molar-refractivity contribution in [3.05, 3.63) is 52.4 Å². The smallest absolute Gasteiger partial charge is 0.242 e. The number of aryl methyl sites for hydroxylation is 1. The maximum atomic E-state index is 12.7. The molecule has 3 rings (SSSR count). The van der Waals surface area contributed by atoms with Crippen LogP contribution in [-0.4, -0.2) is 55.8 Å². The van der Waals surface area contributed by atoms with Crippen molar-refractivity contribution in [3.63, 3.8) is 0 Å². The van der Waals surface area contributed by atoms with Crippen LogP contribution in [-0.2, 0) is 11.3 Å². The van der Waals surface area contributed by atoms with Crippen LogP contribution in [0.5, 0.6) is 11.5 Å². The molecule has 1 aliphatic rings. The van der Waals surface area contributed by atoms with Gasteiger partial charge >= 0.3 is 0 Å². The summed E-state index contributed by atoms with van der Waals surface area (Å²) in [4.78, 5) is 28.6. The molecule has 27 heavy (non-hydrogen) atoms. The van der Waals surface area contributed by atoms with E-state index in [2.05, 4.69) is 11.0 Å². The lowest BCUT2D eigenvalue weighted by atomic mass is 10.2. The minimum Gasteiger partial charge on any atom is -0.497 e. The lowest BCUT2D eigenvalue weighted by Gasteiger charge is -2.36. The van der Waals surface area contributed by atoms with Crippen LogP contribution < -0.4 is 19.8 Å². The Morgan fingerprint density at radius 3 is 2.48 bits per heavy atom. The summed E-state index contributed by atoms with van der Waals surface area (Å²) in [5.41, 5.74) is 1.66. The fourth-order valence-electron chi connectivity index (χ4n) is 3.24. The van der Waals surface area contributed by atoms with Crippen molar-refractivity contribution in [1.82, 2.24) is 9.47 Å². The number of amides is 1. The first-order valence-corrected chi connectivity index (χ1v) is 8.93. The zero-order valence-electron chi connectivity index (χ0n) is 16.0. The van der Waals surface area contributed by atoms with Crippen molar-refractivity contribution in [2.45, 2.75) is 13.5 Å². The monoisotopic (exact) mass is 371 g/mol. The van der Waals surface area contributed by atoms with Gasteiger partial charge in [-0.25, -0.2) is 0 Å². The summed E-state index contributed by atoms with van der Waals surface area (Å²) in [7, 11) is 3.11. The third kappa shape index (κ3) is 4.24. The molecular weight excluding hydrogens is 346 g/mol. The second kappa shape index (κ2) is 8.16. The average Bonchev–Trinajstić information content (AvgIpc) is 2.70. The molecule has 0 N–H and O–H groups in total. The highest BCUT2D eigenvalue weighted by Crippen LogP contribution is 2.22. The summed E-state index contributed by atoms with van der Waals surface area (Å²) in [5, 5.41) is 0. The first kappa shape index (κ1) is 18.8. The van der Waals surface area contributed by atoms with Crippen LogP contribution >= 0.6 is 0 Å². The summed E-state index contributed by atoms with van der Waals surface area (Å²) in [6, 6.07) is 9.44. The Bertz CT molecular complexity index is 870. The molecule has 7 heteroatoms. The van der Waals surface area contributed by atoms with E-state index in [0.29, 0.717) is 13.1 Å². The fraction of sp³-hybridized carbons (Fsp3) is 0.400. The van der Waals surface area contributed by atoms with Crippen molar-refractivity contribution in [2.24, 2.45) is 0 Å². The molecule has 1 aromatic heterocycles. The number of piperazine rings is 1. The minimum absolute atomic E-state index is 0.0362. The van der Waals surface area contributed by atoms with Gasteiger partial charge in [0, 0.05) is 49.7 Å².